The second-order valence-electron chi connectivity index (χ2n) is 7.40. The van der Waals surface area contributed by atoms with Gasteiger partial charge in [-0.1, -0.05) is 6.07 Å². The highest BCUT2D eigenvalue weighted by Crippen LogP contribution is 2.40. The van der Waals surface area contributed by atoms with Gasteiger partial charge < -0.3 is 10.1 Å². The third kappa shape index (κ3) is 3.79. The zero-order valence-electron chi connectivity index (χ0n) is 16.7. The number of carbonyl (C=O) groups excluding carboxylic acids is 1. The molecule has 1 fully saturated rings. The summed E-state index contributed by atoms with van der Waals surface area (Å²) >= 11 is 0. The van der Waals surface area contributed by atoms with Crippen molar-refractivity contribution in [3.05, 3.63) is 47.5 Å². The Hall–Kier alpha value is -3.61. The molecule has 0 spiro atoms. The fourth-order valence-corrected chi connectivity index (χ4v) is 3.57. The summed E-state index contributed by atoms with van der Waals surface area (Å²) in [5.74, 6) is -1.22. The van der Waals surface area contributed by atoms with Gasteiger partial charge in [0, 0.05) is 11.3 Å². The number of alkyl halides is 3. The first-order valence-corrected chi connectivity index (χ1v) is 9.54. The Morgan fingerprint density at radius 1 is 1.39 bits per heavy atom. The average molecular weight is 429 g/mol. The molecule has 0 aliphatic heterocycles. The molecule has 1 saturated carbocycles. The van der Waals surface area contributed by atoms with Crippen LogP contribution in [0.2, 0.25) is 0 Å². The number of rotatable bonds is 5. The second kappa shape index (κ2) is 7.58. The molecule has 2 heterocycles. The molecule has 1 aliphatic rings. The van der Waals surface area contributed by atoms with Crippen LogP contribution in [0.25, 0.3) is 16.9 Å². The maximum Gasteiger partial charge on any atom is 0.408 e. The van der Waals surface area contributed by atoms with E-state index in [1.807, 2.05) is 6.07 Å². The van der Waals surface area contributed by atoms with E-state index in [1.54, 1.807) is 31.2 Å². The number of aromatic nitrogens is 3. The molecular weight excluding hydrogens is 411 g/mol. The van der Waals surface area contributed by atoms with Crippen LogP contribution in [0.4, 0.5) is 13.2 Å². The lowest BCUT2D eigenvalue weighted by Gasteiger charge is -2.20. The minimum absolute atomic E-state index is 0.119. The maximum absolute atomic E-state index is 13.3. The molecule has 0 saturated heterocycles. The highest BCUT2D eigenvalue weighted by atomic mass is 19.4. The van der Waals surface area contributed by atoms with Crippen LogP contribution < -0.4 is 10.1 Å². The van der Waals surface area contributed by atoms with Crippen LogP contribution in [-0.4, -0.2) is 39.6 Å². The molecule has 1 atom stereocenters. The Kier molecular flexibility index (Phi) is 5.05. The van der Waals surface area contributed by atoms with E-state index in [9.17, 15) is 23.2 Å². The third-order valence-electron chi connectivity index (χ3n) is 5.26. The highest BCUT2D eigenvalue weighted by molar-refractivity contribution is 5.98. The molecule has 0 radical (unpaired) electrons. The summed E-state index contributed by atoms with van der Waals surface area (Å²) in [6.07, 6.45) is -2.35. The van der Waals surface area contributed by atoms with Gasteiger partial charge in [0.1, 0.15) is 24.2 Å². The van der Waals surface area contributed by atoms with Crippen molar-refractivity contribution in [2.24, 2.45) is 5.92 Å². The van der Waals surface area contributed by atoms with E-state index in [4.69, 9.17) is 4.74 Å². The van der Waals surface area contributed by atoms with E-state index in [0.717, 1.165) is 0 Å². The van der Waals surface area contributed by atoms with E-state index in [2.05, 4.69) is 15.3 Å². The Bertz CT molecular complexity index is 1210. The van der Waals surface area contributed by atoms with Crippen LogP contribution in [0.15, 0.2) is 30.6 Å². The number of ether oxygens (including phenoxy) is 1. The maximum atomic E-state index is 13.3. The number of fused-ring (bicyclic) bond motifs is 1. The first kappa shape index (κ1) is 20.7. The van der Waals surface area contributed by atoms with Gasteiger partial charge in [-0.2, -0.15) is 18.4 Å². The van der Waals surface area contributed by atoms with E-state index >= 15 is 0 Å². The molecule has 7 nitrogen and oxygen atoms in total. The van der Waals surface area contributed by atoms with Crippen LogP contribution >= 0.6 is 0 Å². The van der Waals surface area contributed by atoms with Gasteiger partial charge in [-0.3, -0.25) is 9.20 Å². The normalized spacial score (nSPS) is 14.8. The number of methoxy groups -OCH3 is 1. The molecular formula is C21H18F3N5O2. The molecule has 1 N–H and O–H groups in total. The van der Waals surface area contributed by atoms with Crippen molar-refractivity contribution >= 4 is 11.6 Å². The van der Waals surface area contributed by atoms with E-state index in [0.29, 0.717) is 41.1 Å². The minimum Gasteiger partial charge on any atom is -0.495 e. The number of halogens is 3. The molecule has 0 bridgehead atoms. The summed E-state index contributed by atoms with van der Waals surface area (Å²) in [6.45, 7) is 1.75. The average Bonchev–Trinajstić information content (AvgIpc) is 3.47. The number of aryl methyl sites for hydroxylation is 1. The van der Waals surface area contributed by atoms with Crippen LogP contribution in [0.1, 0.15) is 34.6 Å². The monoisotopic (exact) mass is 429 g/mol. The standard InChI is InChI=1S/C21H18F3N5O2/c1-11-8-15(14-5-3-4-13(9-25)17(14)31-2)27-19-16(26-10-29(11)19)20(30)28-18(12-6-7-12)21(22,23)24/h3-5,8,10,12,18H,6-7H2,1-2H3,(H,28,30). The fraction of sp³-hybridized carbons (Fsp3) is 0.333. The Labute approximate surface area is 175 Å². The van der Waals surface area contributed by atoms with Gasteiger partial charge >= 0.3 is 6.18 Å². The lowest BCUT2D eigenvalue weighted by atomic mass is 10.1. The van der Waals surface area contributed by atoms with E-state index < -0.39 is 24.0 Å². The number of nitrogens with zero attached hydrogens (tertiary/aromatic N) is 4. The van der Waals surface area contributed by atoms with Crippen molar-refractivity contribution < 1.29 is 22.7 Å². The Balaban J connectivity index is 1.78. The fourth-order valence-electron chi connectivity index (χ4n) is 3.57. The quantitative estimate of drug-likeness (QED) is 0.668. The first-order chi connectivity index (χ1) is 14.7. The van der Waals surface area contributed by atoms with Crippen LogP contribution in [0.3, 0.4) is 0 Å². The minimum atomic E-state index is -4.54. The molecule has 1 unspecified atom stereocenters. The lowest BCUT2D eigenvalue weighted by molar-refractivity contribution is -0.158. The number of imidazole rings is 1. The predicted molar refractivity (Wildman–Crippen MR) is 104 cm³/mol. The van der Waals surface area contributed by atoms with Gasteiger partial charge in [-0.15, -0.1) is 0 Å². The molecule has 31 heavy (non-hydrogen) atoms. The highest BCUT2D eigenvalue weighted by Gasteiger charge is 2.50. The van der Waals surface area contributed by atoms with E-state index in [1.165, 1.54) is 17.8 Å². The van der Waals surface area contributed by atoms with Gasteiger partial charge in [0.25, 0.3) is 5.91 Å². The largest absolute Gasteiger partial charge is 0.495 e. The van der Waals surface area contributed by atoms with Crippen molar-refractivity contribution in [1.29, 1.82) is 5.26 Å². The Morgan fingerprint density at radius 2 is 2.13 bits per heavy atom. The topological polar surface area (TPSA) is 92.3 Å². The first-order valence-electron chi connectivity index (χ1n) is 9.54. The van der Waals surface area contributed by atoms with Gasteiger partial charge in [-0.25, -0.2) is 9.97 Å². The molecule has 10 heteroatoms. The smallest absolute Gasteiger partial charge is 0.408 e. The lowest BCUT2D eigenvalue weighted by Crippen LogP contribution is -2.47. The third-order valence-corrected chi connectivity index (χ3v) is 5.26. The van der Waals surface area contributed by atoms with Crippen molar-refractivity contribution in [2.75, 3.05) is 7.11 Å². The molecule has 1 amide bonds. The number of amides is 1. The number of hydrogen-bond donors (Lipinski definition) is 1. The molecule has 3 aromatic rings. The van der Waals surface area contributed by atoms with Crippen molar-refractivity contribution in [3.8, 4) is 23.1 Å². The Morgan fingerprint density at radius 3 is 2.74 bits per heavy atom. The molecule has 2 aromatic heterocycles. The summed E-state index contributed by atoms with van der Waals surface area (Å²) in [6, 6.07) is 6.83. The SMILES string of the molecule is COc1c(C#N)cccc1-c1cc(C)n2cnc(C(=O)NC(C3CC3)C(F)(F)F)c2n1. The van der Waals surface area contributed by atoms with Gasteiger partial charge in [0.15, 0.2) is 11.3 Å². The predicted octanol–water partition coefficient (Wildman–Crippen LogP) is 3.66. The number of benzene rings is 1. The zero-order chi connectivity index (χ0) is 22.3. The summed E-state index contributed by atoms with van der Waals surface area (Å²) in [7, 11) is 1.43. The van der Waals surface area contributed by atoms with Crippen LogP contribution in [-0.2, 0) is 0 Å². The number of carbonyl (C=O) groups is 1. The number of hydrogen-bond acceptors (Lipinski definition) is 5. The molecule has 1 aromatic carbocycles. The number of nitrogens with one attached hydrogen (secondary N) is 1. The van der Waals surface area contributed by atoms with Crippen molar-refractivity contribution in [1.82, 2.24) is 19.7 Å². The van der Waals surface area contributed by atoms with Gasteiger partial charge in [0.2, 0.25) is 0 Å². The summed E-state index contributed by atoms with van der Waals surface area (Å²) in [4.78, 5) is 21.2. The number of nitriles is 1. The second-order valence-corrected chi connectivity index (χ2v) is 7.40. The molecule has 160 valence electrons. The summed E-state index contributed by atoms with van der Waals surface area (Å²) in [5.41, 5.74) is 1.81. The number of para-hydroxylation sites is 1. The van der Waals surface area contributed by atoms with Crippen LogP contribution in [0, 0.1) is 24.2 Å². The van der Waals surface area contributed by atoms with Gasteiger partial charge in [-0.05, 0) is 43.9 Å². The van der Waals surface area contributed by atoms with Gasteiger partial charge in [0.05, 0.1) is 18.4 Å². The van der Waals surface area contributed by atoms with E-state index in [-0.39, 0.29) is 11.3 Å². The molecule has 1 aliphatic carbocycles. The van der Waals surface area contributed by atoms with Crippen molar-refractivity contribution in [2.45, 2.75) is 32.0 Å². The van der Waals surface area contributed by atoms with Crippen molar-refractivity contribution in [3.63, 3.8) is 0 Å². The summed E-state index contributed by atoms with van der Waals surface area (Å²) in [5, 5.41) is 11.4. The summed E-state index contributed by atoms with van der Waals surface area (Å²) < 4.78 is 46.9. The van der Waals surface area contributed by atoms with Crippen LogP contribution in [0.5, 0.6) is 5.75 Å². The molecule has 4 rings (SSSR count). The zero-order valence-corrected chi connectivity index (χ0v) is 16.7.